The average Bonchev–Trinajstić information content (AvgIpc) is 2.94. The molecule has 0 unspecified atom stereocenters. The predicted molar refractivity (Wildman–Crippen MR) is 159 cm³/mol. The van der Waals surface area contributed by atoms with Crippen LogP contribution in [0.5, 0.6) is 0 Å². The van der Waals surface area contributed by atoms with Gasteiger partial charge in [-0.3, -0.25) is 18.7 Å². The fraction of sp³-hybridized carbons (Fsp3) is 0.0333. The minimum absolute atomic E-state index is 0.00858. The van der Waals surface area contributed by atoms with Gasteiger partial charge in [-0.25, -0.2) is 4.98 Å². The van der Waals surface area contributed by atoms with Crippen molar-refractivity contribution >= 4 is 59.0 Å². The summed E-state index contributed by atoms with van der Waals surface area (Å²) in [6, 6.07) is 18.8. The minimum atomic E-state index is -5.01. The normalized spacial score (nSPS) is 13.1. The average molecular weight is 617 g/mol. The molecule has 0 atom stereocenters. The van der Waals surface area contributed by atoms with E-state index in [1.807, 2.05) is 13.0 Å². The van der Waals surface area contributed by atoms with E-state index < -0.39 is 57.5 Å². The van der Waals surface area contributed by atoms with Gasteiger partial charge in [-0.2, -0.15) is 16.8 Å². The van der Waals surface area contributed by atoms with Crippen molar-refractivity contribution < 1.29 is 31.0 Å². The second-order valence-electron chi connectivity index (χ2n) is 9.88. The standard InChI is InChI=1S/C30H20N2O9S2/c1-15-6-4-8-17(12-15)31-21-14-22(43(39,40)41)27-25-23(19-10-2-3-11-20(19)29(34)24(21)25)26(30(35)32-27)28(33)16-7-5-9-18(13-16)42(36,37)38/h2-14,31,33H,1H3,(H,36,37,38)(H,39,40,41). The number of rotatable bonds is 5. The van der Waals surface area contributed by atoms with Crippen LogP contribution in [0.25, 0.3) is 27.4 Å². The Balaban J connectivity index is 1.93. The van der Waals surface area contributed by atoms with Crippen LogP contribution in [0, 0.1) is 17.4 Å². The highest BCUT2D eigenvalue weighted by Crippen LogP contribution is 2.31. The van der Waals surface area contributed by atoms with Crippen molar-refractivity contribution in [1.29, 1.82) is 0 Å². The SMILES string of the molecule is Cc1cccc(Nc2cc(S(=O)(=O)O)c3nc(=O)c(=C(O)c4cccc(S(=O)(=O)O)c4)c4c5ccccc5c(=O)c2c3=4)c1. The van der Waals surface area contributed by atoms with Gasteiger partial charge in [-0.15, -0.1) is 0 Å². The summed E-state index contributed by atoms with van der Waals surface area (Å²) in [4.78, 5) is 30.2. The second-order valence-corrected chi connectivity index (χ2v) is 12.7. The molecule has 4 N–H and O–H groups in total. The fourth-order valence-electron chi connectivity index (χ4n) is 5.27. The van der Waals surface area contributed by atoms with Crippen LogP contribution >= 0.6 is 0 Å². The predicted octanol–water partition coefficient (Wildman–Crippen LogP) is 3.25. The Morgan fingerprint density at radius 3 is 2.16 bits per heavy atom. The molecule has 1 heterocycles. The number of fused-ring (bicyclic) bond motifs is 2. The number of aliphatic hydroxyl groups is 1. The molecule has 43 heavy (non-hydrogen) atoms. The third-order valence-corrected chi connectivity index (χ3v) is 8.79. The molecule has 0 bridgehead atoms. The van der Waals surface area contributed by atoms with E-state index in [1.54, 1.807) is 30.3 Å². The Kier molecular flexibility index (Phi) is 6.43. The number of benzene rings is 4. The van der Waals surface area contributed by atoms with E-state index in [2.05, 4.69) is 10.3 Å². The molecule has 11 nitrogen and oxygen atoms in total. The number of nitrogens with zero attached hydrogens (tertiary/aromatic N) is 1. The smallest absolute Gasteiger partial charge is 0.296 e. The summed E-state index contributed by atoms with van der Waals surface area (Å²) in [5, 5.41) is 14.1. The van der Waals surface area contributed by atoms with E-state index in [0.717, 1.165) is 23.8 Å². The summed E-state index contributed by atoms with van der Waals surface area (Å²) < 4.78 is 68.5. The molecule has 1 aliphatic carbocycles. The molecule has 0 amide bonds. The van der Waals surface area contributed by atoms with Crippen molar-refractivity contribution in [2.24, 2.45) is 0 Å². The lowest BCUT2D eigenvalue weighted by molar-refractivity contribution is 0.481. The molecular weight excluding hydrogens is 596 g/mol. The first kappa shape index (κ1) is 28.2. The quantitative estimate of drug-likeness (QED) is 0.208. The zero-order chi connectivity index (χ0) is 30.8. The molecule has 0 radical (unpaired) electrons. The molecule has 0 spiro atoms. The van der Waals surface area contributed by atoms with E-state index in [0.29, 0.717) is 5.69 Å². The summed E-state index contributed by atoms with van der Waals surface area (Å²) >= 11 is 0. The lowest BCUT2D eigenvalue weighted by Crippen LogP contribution is -2.33. The van der Waals surface area contributed by atoms with Crippen LogP contribution in [0.3, 0.4) is 0 Å². The molecule has 0 aromatic heterocycles. The van der Waals surface area contributed by atoms with Crippen LogP contribution in [0.15, 0.2) is 98.2 Å². The first-order chi connectivity index (χ1) is 20.3. The third kappa shape index (κ3) is 4.73. The molecule has 4 aromatic rings. The summed E-state index contributed by atoms with van der Waals surface area (Å²) in [7, 11) is -9.68. The monoisotopic (exact) mass is 616 g/mol. The van der Waals surface area contributed by atoms with Crippen molar-refractivity contribution in [3.63, 3.8) is 0 Å². The van der Waals surface area contributed by atoms with Crippen LogP contribution in [-0.4, -0.2) is 36.0 Å². The number of nitrogens with one attached hydrogen (secondary N) is 1. The van der Waals surface area contributed by atoms with Crippen molar-refractivity contribution in [3.8, 4) is 0 Å². The lowest BCUT2D eigenvalue weighted by atomic mass is 9.96. The summed E-state index contributed by atoms with van der Waals surface area (Å²) in [5.41, 5.74) is -0.969. The first-order valence-electron chi connectivity index (χ1n) is 12.6. The molecule has 216 valence electrons. The van der Waals surface area contributed by atoms with Crippen molar-refractivity contribution in [1.82, 2.24) is 4.98 Å². The maximum atomic E-state index is 14.0. The fourth-order valence-corrected chi connectivity index (χ4v) is 6.46. The van der Waals surface area contributed by atoms with Crippen molar-refractivity contribution in [2.45, 2.75) is 16.7 Å². The van der Waals surface area contributed by atoms with E-state index in [-0.39, 0.29) is 37.8 Å². The van der Waals surface area contributed by atoms with Crippen molar-refractivity contribution in [3.05, 3.63) is 126 Å². The van der Waals surface area contributed by atoms with Crippen LogP contribution in [-0.2, 0) is 20.2 Å². The molecular formula is C30H20N2O9S2. The highest BCUT2D eigenvalue weighted by Gasteiger charge is 2.25. The number of aromatic nitrogens is 1. The Morgan fingerprint density at radius 2 is 1.49 bits per heavy atom. The van der Waals surface area contributed by atoms with Gasteiger partial charge in [0.25, 0.3) is 25.8 Å². The molecule has 2 aliphatic rings. The van der Waals surface area contributed by atoms with E-state index in [9.17, 15) is 40.6 Å². The molecule has 0 saturated heterocycles. The molecule has 13 heteroatoms. The Hall–Kier alpha value is -4.95. The Bertz CT molecular complexity index is 2610. The highest BCUT2D eigenvalue weighted by molar-refractivity contribution is 7.86. The zero-order valence-corrected chi connectivity index (χ0v) is 23.7. The molecule has 0 fully saturated rings. The van der Waals surface area contributed by atoms with Gasteiger partial charge < -0.3 is 10.4 Å². The minimum Gasteiger partial charge on any atom is -0.506 e. The Labute approximate surface area is 242 Å². The van der Waals surface area contributed by atoms with Crippen LogP contribution < -0.4 is 21.5 Å². The Morgan fingerprint density at radius 1 is 0.791 bits per heavy atom. The number of hydrogen-bond donors (Lipinski definition) is 4. The topological polar surface area (TPSA) is 188 Å². The number of aryl methyl sites for hydroxylation is 1. The van der Waals surface area contributed by atoms with Gasteiger partial charge in [0.2, 0.25) is 0 Å². The van der Waals surface area contributed by atoms with E-state index >= 15 is 0 Å². The maximum absolute atomic E-state index is 14.0. The van der Waals surface area contributed by atoms with Gasteiger partial charge in [0.05, 0.1) is 26.7 Å². The largest absolute Gasteiger partial charge is 0.506 e. The maximum Gasteiger partial charge on any atom is 0.296 e. The van der Waals surface area contributed by atoms with Crippen LogP contribution in [0.2, 0.25) is 0 Å². The van der Waals surface area contributed by atoms with Gasteiger partial charge in [-0.05, 0) is 48.2 Å². The van der Waals surface area contributed by atoms with Crippen LogP contribution in [0.4, 0.5) is 11.4 Å². The van der Waals surface area contributed by atoms with E-state index in [1.165, 1.54) is 24.3 Å². The van der Waals surface area contributed by atoms with E-state index in [4.69, 9.17) is 0 Å². The number of anilines is 2. The first-order valence-corrected chi connectivity index (χ1v) is 15.4. The molecule has 4 aromatic carbocycles. The summed E-state index contributed by atoms with van der Waals surface area (Å²) in [6.07, 6.45) is 0. The zero-order valence-electron chi connectivity index (χ0n) is 22.1. The van der Waals surface area contributed by atoms with Crippen LogP contribution in [0.1, 0.15) is 11.1 Å². The van der Waals surface area contributed by atoms with Gasteiger partial charge in [-0.1, -0.05) is 48.5 Å². The molecule has 0 saturated carbocycles. The van der Waals surface area contributed by atoms with Crippen molar-refractivity contribution in [2.75, 3.05) is 5.32 Å². The highest BCUT2D eigenvalue weighted by atomic mass is 32.2. The summed E-state index contributed by atoms with van der Waals surface area (Å²) in [5.74, 6) is -0.736. The summed E-state index contributed by atoms with van der Waals surface area (Å²) in [6.45, 7) is 1.83. The van der Waals surface area contributed by atoms with Gasteiger partial charge in [0.15, 0.2) is 5.43 Å². The second kappa shape index (κ2) is 9.81. The third-order valence-electron chi connectivity index (χ3n) is 7.08. The van der Waals surface area contributed by atoms with Gasteiger partial charge >= 0.3 is 0 Å². The number of aliphatic hydroxyl groups excluding tert-OH is 1. The lowest BCUT2D eigenvalue weighted by Gasteiger charge is -2.15. The number of hydrogen-bond acceptors (Lipinski definition) is 9. The van der Waals surface area contributed by atoms with Gasteiger partial charge in [0.1, 0.15) is 10.7 Å². The van der Waals surface area contributed by atoms with Gasteiger partial charge in [0, 0.05) is 27.1 Å². The molecule has 1 aliphatic heterocycles. The molecule has 6 rings (SSSR count).